The topological polar surface area (TPSA) is 63.3 Å². The quantitative estimate of drug-likeness (QED) is 0.585. The molecule has 0 aliphatic rings. The summed E-state index contributed by atoms with van der Waals surface area (Å²) in [6.07, 6.45) is 0.853. The molecule has 0 radical (unpaired) electrons. The van der Waals surface area contributed by atoms with E-state index in [0.717, 1.165) is 5.57 Å². The second-order valence-corrected chi connectivity index (χ2v) is 2.86. The van der Waals surface area contributed by atoms with E-state index in [9.17, 15) is 4.79 Å². The summed E-state index contributed by atoms with van der Waals surface area (Å²) < 4.78 is 0. The van der Waals surface area contributed by atoms with Gasteiger partial charge in [-0.25, -0.2) is 0 Å². The number of carboxylic acids is 1. The number of carboxylic acid groups (broad SMARTS) is 1. The van der Waals surface area contributed by atoms with Crippen LogP contribution < -0.4 is 5.73 Å². The predicted octanol–water partition coefficient (Wildman–Crippen LogP) is 1.00. The number of hydrogen-bond donors (Lipinski definition) is 2. The van der Waals surface area contributed by atoms with Gasteiger partial charge in [0, 0.05) is 6.42 Å². The minimum Gasteiger partial charge on any atom is -0.481 e. The molecular weight excluding hydrogens is 142 g/mol. The van der Waals surface area contributed by atoms with Crippen LogP contribution in [0.3, 0.4) is 0 Å². The van der Waals surface area contributed by atoms with Crippen LogP contribution in [0.2, 0.25) is 0 Å². The third-order valence-electron chi connectivity index (χ3n) is 1.43. The Labute approximate surface area is 66.9 Å². The monoisotopic (exact) mass is 157 g/mol. The van der Waals surface area contributed by atoms with Crippen LogP contribution >= 0.6 is 0 Å². The lowest BCUT2D eigenvalue weighted by Gasteiger charge is -2.10. The van der Waals surface area contributed by atoms with Gasteiger partial charge in [-0.15, -0.1) is 6.58 Å². The zero-order valence-corrected chi connectivity index (χ0v) is 6.84. The lowest BCUT2D eigenvalue weighted by molar-refractivity contribution is -0.138. The van der Waals surface area contributed by atoms with Gasteiger partial charge in [-0.2, -0.15) is 0 Å². The molecule has 0 saturated heterocycles. The molecule has 0 fully saturated rings. The van der Waals surface area contributed by atoms with Crippen molar-refractivity contribution < 1.29 is 9.90 Å². The molecule has 64 valence electrons. The van der Waals surface area contributed by atoms with E-state index in [4.69, 9.17) is 10.8 Å². The normalized spacial score (nSPS) is 12.5. The van der Waals surface area contributed by atoms with E-state index < -0.39 is 5.97 Å². The lowest BCUT2D eigenvalue weighted by Crippen LogP contribution is -2.18. The highest BCUT2D eigenvalue weighted by Gasteiger charge is 2.10. The van der Waals surface area contributed by atoms with Gasteiger partial charge < -0.3 is 10.8 Å². The fraction of sp³-hybridized carbons (Fsp3) is 0.625. The summed E-state index contributed by atoms with van der Waals surface area (Å²) in [5.41, 5.74) is 6.35. The largest absolute Gasteiger partial charge is 0.481 e. The SMILES string of the molecule is C=C(C)CC(CN)CC(=O)O. The first-order valence-corrected chi connectivity index (χ1v) is 3.62. The minimum absolute atomic E-state index is 0.0463. The van der Waals surface area contributed by atoms with E-state index in [1.807, 2.05) is 6.92 Å². The van der Waals surface area contributed by atoms with E-state index in [2.05, 4.69) is 6.58 Å². The highest BCUT2D eigenvalue weighted by Crippen LogP contribution is 2.11. The first-order valence-electron chi connectivity index (χ1n) is 3.62. The number of nitrogens with two attached hydrogens (primary N) is 1. The zero-order chi connectivity index (χ0) is 8.85. The summed E-state index contributed by atoms with van der Waals surface area (Å²) >= 11 is 0. The maximum Gasteiger partial charge on any atom is 0.303 e. The summed E-state index contributed by atoms with van der Waals surface area (Å²) in [4.78, 5) is 10.3. The maximum atomic E-state index is 10.3. The summed E-state index contributed by atoms with van der Waals surface area (Å²) in [7, 11) is 0. The Morgan fingerprint density at radius 2 is 2.18 bits per heavy atom. The zero-order valence-electron chi connectivity index (χ0n) is 6.84. The molecule has 0 saturated carbocycles. The van der Waals surface area contributed by atoms with E-state index in [0.29, 0.717) is 13.0 Å². The van der Waals surface area contributed by atoms with Crippen molar-refractivity contribution in [3.05, 3.63) is 12.2 Å². The Kier molecular flexibility index (Phi) is 4.54. The molecule has 0 aliphatic carbocycles. The Bertz CT molecular complexity index is 138. The van der Waals surface area contributed by atoms with E-state index >= 15 is 0 Å². The Hall–Kier alpha value is -0.830. The summed E-state index contributed by atoms with van der Waals surface area (Å²) in [5, 5.41) is 8.44. The summed E-state index contributed by atoms with van der Waals surface area (Å²) in [5.74, 6) is -0.744. The Morgan fingerprint density at radius 3 is 2.45 bits per heavy atom. The number of carbonyl (C=O) groups is 1. The molecule has 0 rings (SSSR count). The molecule has 1 unspecified atom stereocenters. The molecule has 0 aromatic heterocycles. The fourth-order valence-electron chi connectivity index (χ4n) is 0.979. The molecule has 0 heterocycles. The van der Waals surface area contributed by atoms with E-state index in [1.165, 1.54) is 0 Å². The minimum atomic E-state index is -0.790. The van der Waals surface area contributed by atoms with Crippen molar-refractivity contribution in [2.24, 2.45) is 11.7 Å². The van der Waals surface area contributed by atoms with Gasteiger partial charge in [0.2, 0.25) is 0 Å². The summed E-state index contributed by atoms with van der Waals surface area (Å²) in [6, 6.07) is 0. The molecule has 0 aromatic carbocycles. The third kappa shape index (κ3) is 5.61. The molecule has 3 heteroatoms. The van der Waals surface area contributed by atoms with Gasteiger partial charge in [0.05, 0.1) is 0 Å². The van der Waals surface area contributed by atoms with Crippen molar-refractivity contribution in [1.29, 1.82) is 0 Å². The molecule has 1 atom stereocenters. The van der Waals surface area contributed by atoms with Gasteiger partial charge in [-0.3, -0.25) is 4.79 Å². The van der Waals surface area contributed by atoms with Crippen LogP contribution in [0.25, 0.3) is 0 Å². The van der Waals surface area contributed by atoms with Crippen molar-refractivity contribution >= 4 is 5.97 Å². The fourth-order valence-corrected chi connectivity index (χ4v) is 0.979. The van der Waals surface area contributed by atoms with Crippen molar-refractivity contribution in [3.8, 4) is 0 Å². The Morgan fingerprint density at radius 1 is 1.64 bits per heavy atom. The molecule has 0 spiro atoms. The number of aliphatic carboxylic acids is 1. The van der Waals surface area contributed by atoms with Crippen molar-refractivity contribution in [1.82, 2.24) is 0 Å². The number of allylic oxidation sites excluding steroid dienone is 1. The predicted molar refractivity (Wildman–Crippen MR) is 44.2 cm³/mol. The molecule has 0 aliphatic heterocycles. The average Bonchev–Trinajstić information content (AvgIpc) is 1.84. The first kappa shape index (κ1) is 10.2. The Balaban J connectivity index is 3.76. The smallest absolute Gasteiger partial charge is 0.303 e. The average molecular weight is 157 g/mol. The molecule has 3 nitrogen and oxygen atoms in total. The van der Waals surface area contributed by atoms with Gasteiger partial charge in [0.15, 0.2) is 0 Å². The molecule has 0 aromatic rings. The number of hydrogen-bond acceptors (Lipinski definition) is 2. The lowest BCUT2D eigenvalue weighted by atomic mass is 9.98. The maximum absolute atomic E-state index is 10.3. The van der Waals surface area contributed by atoms with Gasteiger partial charge >= 0.3 is 5.97 Å². The van der Waals surface area contributed by atoms with Crippen molar-refractivity contribution in [2.45, 2.75) is 19.8 Å². The van der Waals surface area contributed by atoms with Gasteiger partial charge in [-0.05, 0) is 25.8 Å². The van der Waals surface area contributed by atoms with Crippen molar-refractivity contribution in [3.63, 3.8) is 0 Å². The molecule has 3 N–H and O–H groups in total. The van der Waals surface area contributed by atoms with Crippen LogP contribution in [-0.4, -0.2) is 17.6 Å². The van der Waals surface area contributed by atoms with E-state index in [1.54, 1.807) is 0 Å². The van der Waals surface area contributed by atoms with Crippen LogP contribution in [0.5, 0.6) is 0 Å². The van der Waals surface area contributed by atoms with Crippen molar-refractivity contribution in [2.75, 3.05) is 6.54 Å². The van der Waals surface area contributed by atoms with Gasteiger partial charge in [0.25, 0.3) is 0 Å². The van der Waals surface area contributed by atoms with Gasteiger partial charge in [0.1, 0.15) is 0 Å². The standard InChI is InChI=1S/C8H15NO2/c1-6(2)3-7(5-9)4-8(10)11/h7H,1,3-5,9H2,2H3,(H,10,11). The first-order chi connectivity index (χ1) is 5.06. The van der Waals surface area contributed by atoms with Crippen LogP contribution in [0.1, 0.15) is 19.8 Å². The third-order valence-corrected chi connectivity index (χ3v) is 1.43. The van der Waals surface area contributed by atoms with E-state index in [-0.39, 0.29) is 12.3 Å². The second-order valence-electron chi connectivity index (χ2n) is 2.86. The van der Waals surface area contributed by atoms with Crippen LogP contribution in [0, 0.1) is 5.92 Å². The molecule has 11 heavy (non-hydrogen) atoms. The molecule has 0 bridgehead atoms. The number of rotatable bonds is 5. The second kappa shape index (κ2) is 4.91. The molecular formula is C8H15NO2. The van der Waals surface area contributed by atoms with Gasteiger partial charge in [-0.1, -0.05) is 5.57 Å². The van der Waals surface area contributed by atoms with Crippen LogP contribution in [0.4, 0.5) is 0 Å². The highest BCUT2D eigenvalue weighted by atomic mass is 16.4. The summed E-state index contributed by atoms with van der Waals surface area (Å²) in [6.45, 7) is 6.00. The van der Waals surface area contributed by atoms with Crippen LogP contribution in [0.15, 0.2) is 12.2 Å². The van der Waals surface area contributed by atoms with Crippen LogP contribution in [-0.2, 0) is 4.79 Å². The highest BCUT2D eigenvalue weighted by molar-refractivity contribution is 5.67. The molecule has 0 amide bonds.